The maximum atomic E-state index is 12.8. The maximum Gasteiger partial charge on any atom is 0.272 e. The van der Waals surface area contributed by atoms with Crippen LogP contribution in [-0.2, 0) is 11.2 Å². The molecule has 28 heavy (non-hydrogen) atoms. The first-order valence-electron chi connectivity index (χ1n) is 9.12. The van der Waals surface area contributed by atoms with Gasteiger partial charge in [-0.2, -0.15) is 0 Å². The zero-order chi connectivity index (χ0) is 19.5. The molecule has 0 aliphatic carbocycles. The number of nitrogens with zero attached hydrogens (tertiary/aromatic N) is 3. The lowest BCUT2D eigenvalue weighted by Gasteiger charge is -2.31. The van der Waals surface area contributed by atoms with Crippen LogP contribution in [0.5, 0.6) is 0 Å². The third kappa shape index (κ3) is 4.08. The van der Waals surface area contributed by atoms with Crippen LogP contribution in [0, 0.1) is 6.92 Å². The molecule has 3 heterocycles. The maximum absolute atomic E-state index is 12.8. The van der Waals surface area contributed by atoms with Crippen molar-refractivity contribution in [2.75, 3.05) is 19.7 Å². The average molecular weight is 398 g/mol. The van der Waals surface area contributed by atoms with Crippen LogP contribution < -0.4 is 0 Å². The molecule has 0 saturated carbocycles. The lowest BCUT2D eigenvalue weighted by atomic mass is 10.1. The van der Waals surface area contributed by atoms with Crippen LogP contribution >= 0.6 is 11.6 Å². The van der Waals surface area contributed by atoms with Gasteiger partial charge in [-0.15, -0.1) is 0 Å². The molecule has 0 unspecified atom stereocenters. The molecule has 0 bridgehead atoms. The normalized spacial score (nSPS) is 16.9. The Morgan fingerprint density at radius 2 is 2.11 bits per heavy atom. The first-order valence-corrected chi connectivity index (χ1v) is 9.50. The number of amides is 1. The fourth-order valence-electron chi connectivity index (χ4n) is 3.19. The Hall–Kier alpha value is -2.70. The van der Waals surface area contributed by atoms with Gasteiger partial charge in [0.05, 0.1) is 19.3 Å². The predicted octanol–water partition coefficient (Wildman–Crippen LogP) is 3.84. The lowest BCUT2D eigenvalue weighted by Crippen LogP contribution is -2.42. The molecule has 0 spiro atoms. The van der Waals surface area contributed by atoms with Crippen LogP contribution in [0.4, 0.5) is 0 Å². The number of aryl methyl sites for hydroxylation is 1. The summed E-state index contributed by atoms with van der Waals surface area (Å²) in [6.07, 6.45) is 1.84. The first kappa shape index (κ1) is 18.7. The number of hydrogen-bond acceptors (Lipinski definition) is 5. The van der Waals surface area contributed by atoms with E-state index in [-0.39, 0.29) is 5.91 Å². The summed E-state index contributed by atoms with van der Waals surface area (Å²) in [5, 5.41) is 0.691. The number of aromatic nitrogens is 2. The molecule has 2 aromatic heterocycles. The summed E-state index contributed by atoms with van der Waals surface area (Å²) in [4.78, 5) is 23.2. The molecule has 1 aromatic carbocycles. The number of ether oxygens (including phenoxy) is 1. The second-order valence-corrected chi connectivity index (χ2v) is 7.12. The number of carbonyl (C=O) groups is 1. The Bertz CT molecular complexity index is 988. The van der Waals surface area contributed by atoms with Gasteiger partial charge in [0.2, 0.25) is 5.89 Å². The lowest BCUT2D eigenvalue weighted by molar-refractivity contribution is -0.0351. The molecule has 0 N–H and O–H groups in total. The van der Waals surface area contributed by atoms with Crippen molar-refractivity contribution in [1.82, 2.24) is 14.9 Å². The van der Waals surface area contributed by atoms with Gasteiger partial charge in [0.25, 0.3) is 5.91 Å². The van der Waals surface area contributed by atoms with E-state index in [9.17, 15) is 4.79 Å². The van der Waals surface area contributed by atoms with Gasteiger partial charge in [0.15, 0.2) is 6.10 Å². The van der Waals surface area contributed by atoms with E-state index in [1.807, 2.05) is 43.3 Å². The highest BCUT2D eigenvalue weighted by atomic mass is 35.5. The number of hydrogen-bond donors (Lipinski definition) is 0. The van der Waals surface area contributed by atoms with E-state index in [0.717, 1.165) is 11.3 Å². The zero-order valence-corrected chi connectivity index (χ0v) is 16.2. The zero-order valence-electron chi connectivity index (χ0n) is 15.5. The molecule has 0 radical (unpaired) electrons. The quantitative estimate of drug-likeness (QED) is 0.669. The summed E-state index contributed by atoms with van der Waals surface area (Å²) in [5.41, 5.74) is 2.22. The fraction of sp³-hybridized carbons (Fsp3) is 0.286. The van der Waals surface area contributed by atoms with Gasteiger partial charge in [-0.05, 0) is 30.7 Å². The van der Waals surface area contributed by atoms with E-state index < -0.39 is 6.10 Å². The third-order valence-corrected chi connectivity index (χ3v) is 5.00. The minimum Gasteiger partial charge on any atom is -0.442 e. The van der Waals surface area contributed by atoms with Crippen molar-refractivity contribution in [2.45, 2.75) is 19.4 Å². The molecule has 1 amide bonds. The molecule has 7 heteroatoms. The molecule has 6 nitrogen and oxygen atoms in total. The Balaban J connectivity index is 1.46. The van der Waals surface area contributed by atoms with E-state index in [0.29, 0.717) is 48.5 Å². The SMILES string of the molecule is Cc1cccc(C(=O)N2CCO[C@H](c3ncc(Cc4ccccc4Cl)o3)C2)n1. The van der Waals surface area contributed by atoms with Gasteiger partial charge in [-0.3, -0.25) is 4.79 Å². The molecule has 1 atom stereocenters. The Labute approximate surface area is 168 Å². The number of halogens is 1. The van der Waals surface area contributed by atoms with Crippen molar-refractivity contribution in [1.29, 1.82) is 0 Å². The van der Waals surface area contributed by atoms with E-state index >= 15 is 0 Å². The second-order valence-electron chi connectivity index (χ2n) is 6.71. The first-order chi connectivity index (χ1) is 13.6. The summed E-state index contributed by atoms with van der Waals surface area (Å²) in [6, 6.07) is 13.1. The van der Waals surface area contributed by atoms with Gasteiger partial charge in [0.1, 0.15) is 11.5 Å². The summed E-state index contributed by atoms with van der Waals surface area (Å²) >= 11 is 6.22. The number of benzene rings is 1. The van der Waals surface area contributed by atoms with Crippen LogP contribution in [0.2, 0.25) is 5.02 Å². The molecule has 1 aliphatic rings. The Morgan fingerprint density at radius 3 is 2.93 bits per heavy atom. The summed E-state index contributed by atoms with van der Waals surface area (Å²) in [6.45, 7) is 3.18. The minimum absolute atomic E-state index is 0.111. The number of rotatable bonds is 4. The van der Waals surface area contributed by atoms with Gasteiger partial charge in [-0.1, -0.05) is 35.9 Å². The Kier molecular flexibility index (Phi) is 5.41. The van der Waals surface area contributed by atoms with E-state index in [1.165, 1.54) is 0 Å². The number of morpholine rings is 1. The molecule has 1 fully saturated rings. The van der Waals surface area contributed by atoms with Gasteiger partial charge < -0.3 is 14.1 Å². The molecule has 1 aliphatic heterocycles. The number of pyridine rings is 1. The van der Waals surface area contributed by atoms with E-state index in [1.54, 1.807) is 17.2 Å². The standard InChI is InChI=1S/C21H20ClN3O3/c1-14-5-4-8-18(24-14)21(26)25-9-10-27-19(13-25)20-23-12-16(28-20)11-15-6-2-3-7-17(15)22/h2-8,12,19H,9-11,13H2,1H3/t19-/m0/s1. The molecule has 144 valence electrons. The van der Waals surface area contributed by atoms with Gasteiger partial charge in [0, 0.05) is 23.7 Å². The molecular weight excluding hydrogens is 378 g/mol. The van der Waals surface area contributed by atoms with E-state index in [2.05, 4.69) is 9.97 Å². The highest BCUT2D eigenvalue weighted by Gasteiger charge is 2.29. The topological polar surface area (TPSA) is 68.5 Å². The van der Waals surface area contributed by atoms with Crippen LogP contribution in [0.3, 0.4) is 0 Å². The molecular formula is C21H20ClN3O3. The van der Waals surface area contributed by atoms with Crippen molar-refractivity contribution in [3.63, 3.8) is 0 Å². The van der Waals surface area contributed by atoms with Crippen LogP contribution in [0.1, 0.15) is 39.5 Å². The molecule has 3 aromatic rings. The molecule has 4 rings (SSSR count). The third-order valence-electron chi connectivity index (χ3n) is 4.63. The van der Waals surface area contributed by atoms with Gasteiger partial charge >= 0.3 is 0 Å². The van der Waals surface area contributed by atoms with Crippen molar-refractivity contribution < 1.29 is 13.9 Å². The number of oxazole rings is 1. The average Bonchev–Trinajstić information content (AvgIpc) is 3.18. The Morgan fingerprint density at radius 1 is 1.25 bits per heavy atom. The van der Waals surface area contributed by atoms with Crippen molar-refractivity contribution in [3.8, 4) is 0 Å². The smallest absolute Gasteiger partial charge is 0.272 e. The fourth-order valence-corrected chi connectivity index (χ4v) is 3.39. The van der Waals surface area contributed by atoms with Crippen molar-refractivity contribution in [2.24, 2.45) is 0 Å². The summed E-state index contributed by atoms with van der Waals surface area (Å²) in [5.74, 6) is 1.06. The minimum atomic E-state index is -0.400. The summed E-state index contributed by atoms with van der Waals surface area (Å²) < 4.78 is 11.7. The van der Waals surface area contributed by atoms with Crippen LogP contribution in [-0.4, -0.2) is 40.5 Å². The van der Waals surface area contributed by atoms with Crippen molar-refractivity contribution in [3.05, 3.63) is 82.3 Å². The van der Waals surface area contributed by atoms with Crippen molar-refractivity contribution >= 4 is 17.5 Å². The monoisotopic (exact) mass is 397 g/mol. The highest BCUT2D eigenvalue weighted by molar-refractivity contribution is 6.31. The van der Waals surface area contributed by atoms with Crippen LogP contribution in [0.25, 0.3) is 0 Å². The number of carbonyl (C=O) groups excluding carboxylic acids is 1. The predicted molar refractivity (Wildman–Crippen MR) is 104 cm³/mol. The van der Waals surface area contributed by atoms with Crippen LogP contribution in [0.15, 0.2) is 53.1 Å². The van der Waals surface area contributed by atoms with E-state index in [4.69, 9.17) is 20.8 Å². The molecule has 1 saturated heterocycles. The highest BCUT2D eigenvalue weighted by Crippen LogP contribution is 2.25. The summed E-state index contributed by atoms with van der Waals surface area (Å²) in [7, 11) is 0. The second kappa shape index (κ2) is 8.12. The van der Waals surface area contributed by atoms with Gasteiger partial charge in [-0.25, -0.2) is 9.97 Å². The largest absolute Gasteiger partial charge is 0.442 e.